The predicted octanol–water partition coefficient (Wildman–Crippen LogP) is 5.57. The zero-order valence-electron chi connectivity index (χ0n) is 12.7. The summed E-state index contributed by atoms with van der Waals surface area (Å²) < 4.78 is 0. The third-order valence-electron chi connectivity index (χ3n) is 4.07. The lowest BCUT2D eigenvalue weighted by molar-refractivity contribution is 0.922. The van der Waals surface area contributed by atoms with Crippen molar-refractivity contribution in [1.82, 2.24) is 0 Å². The van der Waals surface area contributed by atoms with Crippen molar-refractivity contribution in [2.75, 3.05) is 0 Å². The van der Waals surface area contributed by atoms with Crippen molar-refractivity contribution in [3.8, 4) is 11.1 Å². The highest BCUT2D eigenvalue weighted by molar-refractivity contribution is 5.81. The smallest absolute Gasteiger partial charge is 0.00603 e. The standard InChI is InChI=1S/C20H22/c1-4-5-16-6-8-17(9-7-16)19-12-14(2)10-18-11-15(3)13-20(18)19/h6-10,12-13H,4-5,11H2,1-3H3. The summed E-state index contributed by atoms with van der Waals surface area (Å²) in [5.41, 5.74) is 9.91. The second-order valence-electron chi connectivity index (χ2n) is 6.00. The Morgan fingerprint density at radius 2 is 1.75 bits per heavy atom. The van der Waals surface area contributed by atoms with E-state index in [9.17, 15) is 0 Å². The lowest BCUT2D eigenvalue weighted by atomic mass is 9.94. The number of allylic oxidation sites excluding steroid dienone is 1. The molecule has 102 valence electrons. The van der Waals surface area contributed by atoms with Crippen LogP contribution >= 0.6 is 0 Å². The van der Waals surface area contributed by atoms with Gasteiger partial charge in [-0.3, -0.25) is 0 Å². The molecule has 0 saturated heterocycles. The van der Waals surface area contributed by atoms with Crippen molar-refractivity contribution in [2.45, 2.75) is 40.0 Å². The Bertz CT molecular complexity index is 657. The molecular weight excluding hydrogens is 240 g/mol. The SMILES string of the molecule is CCCc1ccc(-c2cc(C)cc3c2C=C(C)C3)cc1. The molecule has 0 aliphatic heterocycles. The van der Waals surface area contributed by atoms with Crippen molar-refractivity contribution in [1.29, 1.82) is 0 Å². The first-order chi connectivity index (χ1) is 9.67. The predicted molar refractivity (Wildman–Crippen MR) is 88.0 cm³/mol. The molecule has 20 heavy (non-hydrogen) atoms. The van der Waals surface area contributed by atoms with Gasteiger partial charge < -0.3 is 0 Å². The van der Waals surface area contributed by atoms with E-state index in [1.165, 1.54) is 51.8 Å². The molecule has 0 heterocycles. The van der Waals surface area contributed by atoms with Crippen LogP contribution in [0.2, 0.25) is 0 Å². The lowest BCUT2D eigenvalue weighted by Gasteiger charge is -2.11. The summed E-state index contributed by atoms with van der Waals surface area (Å²) >= 11 is 0. The van der Waals surface area contributed by atoms with Gasteiger partial charge in [-0.1, -0.05) is 67.0 Å². The van der Waals surface area contributed by atoms with Crippen LogP contribution in [-0.4, -0.2) is 0 Å². The van der Waals surface area contributed by atoms with Crippen molar-refractivity contribution < 1.29 is 0 Å². The van der Waals surface area contributed by atoms with Crippen LogP contribution in [0.3, 0.4) is 0 Å². The summed E-state index contributed by atoms with van der Waals surface area (Å²) in [6.07, 6.45) is 5.84. The van der Waals surface area contributed by atoms with E-state index in [4.69, 9.17) is 0 Å². The molecule has 0 saturated carbocycles. The molecule has 0 fully saturated rings. The largest absolute Gasteiger partial charge is 0.0683 e. The molecule has 0 aromatic heterocycles. The third-order valence-corrected chi connectivity index (χ3v) is 4.07. The molecule has 2 aromatic rings. The molecule has 2 aromatic carbocycles. The van der Waals surface area contributed by atoms with Gasteiger partial charge in [0.05, 0.1) is 0 Å². The van der Waals surface area contributed by atoms with Crippen LogP contribution in [0, 0.1) is 6.92 Å². The van der Waals surface area contributed by atoms with Gasteiger partial charge in [-0.15, -0.1) is 0 Å². The quantitative estimate of drug-likeness (QED) is 0.678. The monoisotopic (exact) mass is 262 g/mol. The Labute approximate surface area is 122 Å². The molecule has 0 radical (unpaired) electrons. The minimum Gasteiger partial charge on any atom is -0.0683 e. The Kier molecular flexibility index (Phi) is 3.48. The third kappa shape index (κ3) is 2.43. The maximum absolute atomic E-state index is 2.35. The van der Waals surface area contributed by atoms with E-state index in [0.29, 0.717) is 0 Å². The first-order valence-electron chi connectivity index (χ1n) is 7.57. The summed E-state index contributed by atoms with van der Waals surface area (Å²) in [6.45, 7) is 6.65. The van der Waals surface area contributed by atoms with Gasteiger partial charge in [-0.25, -0.2) is 0 Å². The fourth-order valence-corrected chi connectivity index (χ4v) is 3.17. The number of benzene rings is 2. The van der Waals surface area contributed by atoms with E-state index >= 15 is 0 Å². The second-order valence-corrected chi connectivity index (χ2v) is 6.00. The second kappa shape index (κ2) is 5.28. The topological polar surface area (TPSA) is 0 Å². The molecule has 1 aliphatic rings. The molecule has 0 spiro atoms. The normalized spacial score (nSPS) is 13.2. The molecule has 0 atom stereocenters. The molecule has 0 N–H and O–H groups in total. The first-order valence-corrected chi connectivity index (χ1v) is 7.57. The molecule has 0 heteroatoms. The summed E-state index contributed by atoms with van der Waals surface area (Å²) in [6, 6.07) is 13.8. The van der Waals surface area contributed by atoms with Crippen molar-refractivity contribution in [3.05, 3.63) is 64.2 Å². The maximum Gasteiger partial charge on any atom is -0.00603 e. The molecule has 1 aliphatic carbocycles. The van der Waals surface area contributed by atoms with Gasteiger partial charge in [-0.05, 0) is 54.5 Å². The van der Waals surface area contributed by atoms with Gasteiger partial charge in [0.25, 0.3) is 0 Å². The van der Waals surface area contributed by atoms with Gasteiger partial charge in [0.1, 0.15) is 0 Å². The van der Waals surface area contributed by atoms with Crippen molar-refractivity contribution in [2.24, 2.45) is 0 Å². The van der Waals surface area contributed by atoms with E-state index < -0.39 is 0 Å². The number of hydrogen-bond donors (Lipinski definition) is 0. The van der Waals surface area contributed by atoms with Crippen LogP contribution in [0.15, 0.2) is 42.0 Å². The fourth-order valence-electron chi connectivity index (χ4n) is 3.17. The zero-order valence-corrected chi connectivity index (χ0v) is 12.7. The molecule has 0 bridgehead atoms. The number of fused-ring (bicyclic) bond motifs is 1. The minimum absolute atomic E-state index is 1.11. The van der Waals surface area contributed by atoms with Gasteiger partial charge in [-0.2, -0.15) is 0 Å². The minimum atomic E-state index is 1.11. The van der Waals surface area contributed by atoms with Crippen LogP contribution in [0.5, 0.6) is 0 Å². The summed E-state index contributed by atoms with van der Waals surface area (Å²) in [5, 5.41) is 0. The average Bonchev–Trinajstić information content (AvgIpc) is 2.79. The van der Waals surface area contributed by atoms with Crippen molar-refractivity contribution >= 4 is 6.08 Å². The Morgan fingerprint density at radius 1 is 1.00 bits per heavy atom. The van der Waals surface area contributed by atoms with Gasteiger partial charge in [0, 0.05) is 0 Å². The summed E-state index contributed by atoms with van der Waals surface area (Å²) in [4.78, 5) is 0. The lowest BCUT2D eigenvalue weighted by Crippen LogP contribution is -1.90. The van der Waals surface area contributed by atoms with E-state index in [1.807, 2.05) is 0 Å². The van der Waals surface area contributed by atoms with Crippen molar-refractivity contribution in [3.63, 3.8) is 0 Å². The first kappa shape index (κ1) is 13.2. The molecule has 0 amide bonds. The molecule has 0 nitrogen and oxygen atoms in total. The Balaban J connectivity index is 2.06. The van der Waals surface area contributed by atoms with Crippen LogP contribution in [-0.2, 0) is 12.8 Å². The number of rotatable bonds is 3. The van der Waals surface area contributed by atoms with Gasteiger partial charge >= 0.3 is 0 Å². The van der Waals surface area contributed by atoms with E-state index in [0.717, 1.165) is 6.42 Å². The highest BCUT2D eigenvalue weighted by Gasteiger charge is 2.15. The highest BCUT2D eigenvalue weighted by Crippen LogP contribution is 2.35. The van der Waals surface area contributed by atoms with Crippen LogP contribution < -0.4 is 0 Å². The maximum atomic E-state index is 2.35. The highest BCUT2D eigenvalue weighted by atomic mass is 14.2. The van der Waals surface area contributed by atoms with E-state index in [-0.39, 0.29) is 0 Å². The zero-order chi connectivity index (χ0) is 14.1. The van der Waals surface area contributed by atoms with E-state index in [2.05, 4.69) is 63.2 Å². The number of aryl methyl sites for hydroxylation is 2. The van der Waals surface area contributed by atoms with Gasteiger partial charge in [0.2, 0.25) is 0 Å². The van der Waals surface area contributed by atoms with Crippen LogP contribution in [0.1, 0.15) is 42.5 Å². The van der Waals surface area contributed by atoms with Crippen LogP contribution in [0.4, 0.5) is 0 Å². The van der Waals surface area contributed by atoms with Crippen LogP contribution in [0.25, 0.3) is 17.2 Å². The summed E-state index contributed by atoms with van der Waals surface area (Å²) in [7, 11) is 0. The average molecular weight is 262 g/mol. The van der Waals surface area contributed by atoms with E-state index in [1.54, 1.807) is 0 Å². The molecule has 0 unspecified atom stereocenters. The molecule has 3 rings (SSSR count). The number of hydrogen-bond acceptors (Lipinski definition) is 0. The van der Waals surface area contributed by atoms with Gasteiger partial charge in [0.15, 0.2) is 0 Å². The Morgan fingerprint density at radius 3 is 2.45 bits per heavy atom. The Hall–Kier alpha value is -1.82. The fraction of sp³-hybridized carbons (Fsp3) is 0.300. The molecular formula is C20H22. The summed E-state index contributed by atoms with van der Waals surface area (Å²) in [5.74, 6) is 0.